The van der Waals surface area contributed by atoms with Crippen molar-refractivity contribution in [1.29, 1.82) is 0 Å². The van der Waals surface area contributed by atoms with E-state index in [0.29, 0.717) is 0 Å². The highest BCUT2D eigenvalue weighted by atomic mass is 31.2. The zero-order chi connectivity index (χ0) is 7.65. The van der Waals surface area contributed by atoms with Gasteiger partial charge in [0.15, 0.2) is 11.0 Å². The minimum Gasteiger partial charge on any atom is -0.308 e. The van der Waals surface area contributed by atoms with Crippen LogP contribution in [0.1, 0.15) is 13.8 Å². The third-order valence-electron chi connectivity index (χ3n) is 1.20. The normalized spacial score (nSPS) is 11.0. The highest BCUT2D eigenvalue weighted by Gasteiger charge is 2.26. The van der Waals surface area contributed by atoms with E-state index in [1.54, 1.807) is 0 Å². The Kier molecular flexibility index (Phi) is 2.32. The molecule has 0 saturated carbocycles. The van der Waals surface area contributed by atoms with Crippen LogP contribution in [-0.4, -0.2) is 17.7 Å². The first-order valence-electron chi connectivity index (χ1n) is 2.49. The van der Waals surface area contributed by atoms with Gasteiger partial charge < -0.3 is 4.57 Å². The molecule has 0 N–H and O–H groups in total. The van der Waals surface area contributed by atoms with Gasteiger partial charge in [-0.25, -0.2) is 0 Å². The van der Waals surface area contributed by atoms with Gasteiger partial charge in [0.1, 0.15) is 0 Å². The van der Waals surface area contributed by atoms with Crippen molar-refractivity contribution in [2.24, 2.45) is 0 Å². The lowest BCUT2D eigenvalue weighted by atomic mass is 10.9. The molecule has 9 heavy (non-hydrogen) atoms. The van der Waals surface area contributed by atoms with Gasteiger partial charge in [-0.05, 0) is 0 Å². The van der Waals surface area contributed by atoms with Crippen molar-refractivity contribution >= 4 is 18.2 Å². The van der Waals surface area contributed by atoms with Crippen LogP contribution >= 0.6 is 7.14 Å². The van der Waals surface area contributed by atoms with E-state index in [1.165, 1.54) is 20.5 Å². The molecule has 0 heterocycles. The molecule has 0 radical (unpaired) electrons. The predicted molar refractivity (Wildman–Crippen MR) is 34.9 cm³/mol. The van der Waals surface area contributed by atoms with Gasteiger partial charge >= 0.3 is 0 Å². The summed E-state index contributed by atoms with van der Waals surface area (Å²) in [7, 11) is -3.11. The van der Waals surface area contributed by atoms with Gasteiger partial charge in [0.05, 0.1) is 0 Å². The first-order valence-corrected chi connectivity index (χ1v) is 4.64. The largest absolute Gasteiger partial charge is 0.308 e. The number of hydrogen-bond donors (Lipinski definition) is 0. The maximum Gasteiger partial charge on any atom is 0.207 e. The fourth-order valence-electron chi connectivity index (χ4n) is 0.222. The first kappa shape index (κ1) is 8.57. The van der Waals surface area contributed by atoms with Gasteiger partial charge in [-0.15, -0.1) is 0 Å². The number of carbonyl (C=O) groups is 2. The Morgan fingerprint density at radius 2 is 1.33 bits per heavy atom. The summed E-state index contributed by atoms with van der Waals surface area (Å²) in [6.07, 6.45) is 0. The van der Waals surface area contributed by atoms with Crippen LogP contribution in [0.5, 0.6) is 0 Å². The van der Waals surface area contributed by atoms with E-state index in [-0.39, 0.29) is 0 Å². The van der Waals surface area contributed by atoms with Gasteiger partial charge in [0.2, 0.25) is 7.14 Å². The molecule has 0 spiro atoms. The molecular formula is C5H9O3P. The summed E-state index contributed by atoms with van der Waals surface area (Å²) in [6.45, 7) is 3.53. The maximum atomic E-state index is 10.9. The third kappa shape index (κ3) is 1.75. The standard InChI is InChI=1S/C5H9O3P/c1-4(6)9(3,8)5(2)7/h1-3H3. The van der Waals surface area contributed by atoms with Crippen molar-refractivity contribution in [1.82, 2.24) is 0 Å². The van der Waals surface area contributed by atoms with Crippen LogP contribution in [0.25, 0.3) is 0 Å². The topological polar surface area (TPSA) is 51.2 Å². The van der Waals surface area contributed by atoms with E-state index in [4.69, 9.17) is 0 Å². The molecular weight excluding hydrogens is 139 g/mol. The van der Waals surface area contributed by atoms with Crippen molar-refractivity contribution in [2.75, 3.05) is 6.66 Å². The van der Waals surface area contributed by atoms with Crippen LogP contribution < -0.4 is 0 Å². The molecule has 52 valence electrons. The quantitative estimate of drug-likeness (QED) is 0.550. The molecule has 0 saturated heterocycles. The van der Waals surface area contributed by atoms with Crippen molar-refractivity contribution < 1.29 is 14.2 Å². The van der Waals surface area contributed by atoms with Gasteiger partial charge in [-0.3, -0.25) is 9.59 Å². The zero-order valence-corrected chi connectivity index (χ0v) is 6.57. The highest BCUT2D eigenvalue weighted by Crippen LogP contribution is 2.42. The lowest BCUT2D eigenvalue weighted by Gasteiger charge is -2.00. The van der Waals surface area contributed by atoms with Crippen LogP contribution in [0.4, 0.5) is 0 Å². The van der Waals surface area contributed by atoms with E-state index in [9.17, 15) is 14.2 Å². The van der Waals surface area contributed by atoms with E-state index in [1.807, 2.05) is 0 Å². The smallest absolute Gasteiger partial charge is 0.207 e. The Labute approximate surface area is 53.8 Å². The number of rotatable bonds is 2. The Bertz CT molecular complexity index is 176. The van der Waals surface area contributed by atoms with Gasteiger partial charge in [-0.2, -0.15) is 0 Å². The molecule has 0 bridgehead atoms. The second kappa shape index (κ2) is 2.44. The molecule has 0 aromatic carbocycles. The molecule has 0 unspecified atom stereocenters. The lowest BCUT2D eigenvalue weighted by molar-refractivity contribution is -0.113. The molecule has 0 aliphatic rings. The lowest BCUT2D eigenvalue weighted by Crippen LogP contribution is -2.00. The Morgan fingerprint density at radius 3 is 1.33 bits per heavy atom. The summed E-state index contributed by atoms with van der Waals surface area (Å²) in [4.78, 5) is 20.8. The van der Waals surface area contributed by atoms with Crippen molar-refractivity contribution in [3.8, 4) is 0 Å². The van der Waals surface area contributed by atoms with Crippen LogP contribution in [0.15, 0.2) is 0 Å². The SMILES string of the molecule is CC(=O)P(C)(=O)C(C)=O. The van der Waals surface area contributed by atoms with Gasteiger partial charge in [0.25, 0.3) is 0 Å². The summed E-state index contributed by atoms with van der Waals surface area (Å²) in [5.41, 5.74) is -1.04. The molecule has 0 rings (SSSR count). The van der Waals surface area contributed by atoms with Crippen molar-refractivity contribution in [3.05, 3.63) is 0 Å². The average molecular weight is 148 g/mol. The van der Waals surface area contributed by atoms with Gasteiger partial charge in [0, 0.05) is 20.5 Å². The van der Waals surface area contributed by atoms with E-state index in [0.717, 1.165) is 0 Å². The minimum atomic E-state index is -3.11. The second-order valence-corrected chi connectivity index (χ2v) is 5.07. The molecule has 0 fully saturated rings. The van der Waals surface area contributed by atoms with Gasteiger partial charge in [-0.1, -0.05) is 0 Å². The monoisotopic (exact) mass is 148 g/mol. The molecule has 0 aromatic heterocycles. The summed E-state index contributed by atoms with van der Waals surface area (Å²) >= 11 is 0. The maximum absolute atomic E-state index is 10.9. The molecule has 0 aliphatic carbocycles. The Balaban J connectivity index is 4.61. The zero-order valence-electron chi connectivity index (χ0n) is 5.67. The third-order valence-corrected chi connectivity index (χ3v) is 3.61. The molecule has 0 amide bonds. The summed E-state index contributed by atoms with van der Waals surface area (Å²) in [5, 5.41) is 0. The minimum absolute atomic E-state index is 0.519. The molecule has 4 heteroatoms. The Hall–Kier alpha value is -0.430. The fourth-order valence-corrected chi connectivity index (χ4v) is 0.665. The molecule has 3 nitrogen and oxygen atoms in total. The highest BCUT2D eigenvalue weighted by molar-refractivity contribution is 7.93. The molecule has 0 aromatic rings. The molecule has 0 atom stereocenters. The number of hydrogen-bond acceptors (Lipinski definition) is 3. The second-order valence-electron chi connectivity index (χ2n) is 1.96. The van der Waals surface area contributed by atoms with E-state index < -0.39 is 18.2 Å². The van der Waals surface area contributed by atoms with Crippen LogP contribution in [0.3, 0.4) is 0 Å². The Morgan fingerprint density at radius 1 is 1.11 bits per heavy atom. The summed E-state index contributed by atoms with van der Waals surface area (Å²) < 4.78 is 10.9. The van der Waals surface area contributed by atoms with E-state index >= 15 is 0 Å². The van der Waals surface area contributed by atoms with Crippen LogP contribution in [0.2, 0.25) is 0 Å². The average Bonchev–Trinajstić information content (AvgIpc) is 1.65. The van der Waals surface area contributed by atoms with Crippen molar-refractivity contribution in [3.63, 3.8) is 0 Å². The van der Waals surface area contributed by atoms with Crippen LogP contribution in [-0.2, 0) is 14.2 Å². The van der Waals surface area contributed by atoms with Crippen LogP contribution in [0, 0.1) is 0 Å². The summed E-state index contributed by atoms with van der Waals surface area (Å²) in [6, 6.07) is 0. The van der Waals surface area contributed by atoms with E-state index in [2.05, 4.69) is 0 Å². The van der Waals surface area contributed by atoms with Crippen molar-refractivity contribution in [2.45, 2.75) is 13.8 Å². The number of carbonyl (C=O) groups excluding carboxylic acids is 2. The first-order chi connectivity index (χ1) is 3.89. The predicted octanol–water partition coefficient (Wildman–Crippen LogP) is 1.07. The molecule has 0 aliphatic heterocycles. The fraction of sp³-hybridized carbons (Fsp3) is 0.600. The summed E-state index contributed by atoms with van der Waals surface area (Å²) in [5.74, 6) is 0.